The van der Waals surface area contributed by atoms with Crippen LogP contribution < -0.4 is 14.8 Å². The van der Waals surface area contributed by atoms with Crippen LogP contribution in [0.3, 0.4) is 0 Å². The van der Waals surface area contributed by atoms with Crippen LogP contribution in [-0.2, 0) is 4.74 Å². The van der Waals surface area contributed by atoms with Gasteiger partial charge in [0.25, 0.3) is 0 Å². The zero-order valence-electron chi connectivity index (χ0n) is 10.5. The molecule has 0 bridgehead atoms. The van der Waals surface area contributed by atoms with Gasteiger partial charge in [0.05, 0.1) is 19.3 Å². The van der Waals surface area contributed by atoms with Crippen molar-refractivity contribution in [1.29, 1.82) is 0 Å². The lowest BCUT2D eigenvalue weighted by atomic mass is 10.1. The molecule has 0 amide bonds. The molecule has 0 radical (unpaired) electrons. The van der Waals surface area contributed by atoms with Crippen LogP contribution in [0.25, 0.3) is 0 Å². The molecule has 1 atom stereocenters. The first-order chi connectivity index (χ1) is 8.85. The highest BCUT2D eigenvalue weighted by molar-refractivity contribution is 5.44. The first kappa shape index (κ1) is 13.1. The maximum atomic E-state index is 9.41. The van der Waals surface area contributed by atoms with E-state index in [1.54, 1.807) is 7.11 Å². The maximum Gasteiger partial charge on any atom is 0.161 e. The molecule has 2 N–H and O–H groups in total. The molecule has 1 unspecified atom stereocenters. The van der Waals surface area contributed by atoms with Crippen molar-refractivity contribution in [2.45, 2.75) is 6.04 Å². The summed E-state index contributed by atoms with van der Waals surface area (Å²) >= 11 is 0. The van der Waals surface area contributed by atoms with E-state index in [9.17, 15) is 5.11 Å². The highest BCUT2D eigenvalue weighted by Crippen LogP contribution is 2.32. The van der Waals surface area contributed by atoms with Gasteiger partial charge < -0.3 is 24.6 Å². The lowest BCUT2D eigenvalue weighted by Gasteiger charge is -2.22. The van der Waals surface area contributed by atoms with Crippen molar-refractivity contribution in [3.63, 3.8) is 0 Å². The molecule has 0 aliphatic carbocycles. The van der Waals surface area contributed by atoms with E-state index in [0.29, 0.717) is 26.4 Å². The molecule has 0 spiro atoms. The van der Waals surface area contributed by atoms with Gasteiger partial charge in [-0.15, -0.1) is 0 Å². The smallest absolute Gasteiger partial charge is 0.161 e. The van der Waals surface area contributed by atoms with Gasteiger partial charge in [-0.3, -0.25) is 0 Å². The topological polar surface area (TPSA) is 60.0 Å². The second kappa shape index (κ2) is 6.58. The van der Waals surface area contributed by atoms with E-state index in [-0.39, 0.29) is 12.6 Å². The van der Waals surface area contributed by atoms with E-state index < -0.39 is 0 Å². The summed E-state index contributed by atoms with van der Waals surface area (Å²) < 4.78 is 16.0. The van der Waals surface area contributed by atoms with Crippen LogP contribution in [-0.4, -0.2) is 45.2 Å². The minimum Gasteiger partial charge on any atom is -0.486 e. The van der Waals surface area contributed by atoms with Crippen molar-refractivity contribution in [3.05, 3.63) is 23.8 Å². The standard InChI is InChI=1S/C13H19NO4/c1-16-5-4-14-11(9-15)10-2-3-12-13(8-10)18-7-6-17-12/h2-3,8,11,14-15H,4-7,9H2,1H3. The van der Waals surface area contributed by atoms with E-state index in [0.717, 1.165) is 17.1 Å². The van der Waals surface area contributed by atoms with Crippen molar-refractivity contribution in [1.82, 2.24) is 5.32 Å². The Hall–Kier alpha value is -1.30. The summed E-state index contributed by atoms with van der Waals surface area (Å²) in [4.78, 5) is 0. The predicted octanol–water partition coefficient (Wildman–Crippen LogP) is 0.727. The van der Waals surface area contributed by atoms with Crippen LogP contribution in [0.4, 0.5) is 0 Å². The Morgan fingerprint density at radius 3 is 2.83 bits per heavy atom. The van der Waals surface area contributed by atoms with Crippen LogP contribution >= 0.6 is 0 Å². The van der Waals surface area contributed by atoms with Crippen molar-refractivity contribution in [2.75, 3.05) is 40.1 Å². The van der Waals surface area contributed by atoms with E-state index in [1.807, 2.05) is 18.2 Å². The third-order valence-corrected chi connectivity index (χ3v) is 2.85. The Balaban J connectivity index is 2.05. The molecule has 0 saturated carbocycles. The lowest BCUT2D eigenvalue weighted by Crippen LogP contribution is -2.27. The van der Waals surface area contributed by atoms with Crippen LogP contribution in [0.15, 0.2) is 18.2 Å². The van der Waals surface area contributed by atoms with E-state index in [2.05, 4.69) is 5.32 Å². The fourth-order valence-corrected chi connectivity index (χ4v) is 1.90. The maximum absolute atomic E-state index is 9.41. The van der Waals surface area contributed by atoms with Gasteiger partial charge in [0.15, 0.2) is 11.5 Å². The molecule has 0 saturated heterocycles. The number of benzene rings is 1. The number of hydrogen-bond acceptors (Lipinski definition) is 5. The summed E-state index contributed by atoms with van der Waals surface area (Å²) in [5.74, 6) is 1.50. The van der Waals surface area contributed by atoms with Gasteiger partial charge in [-0.25, -0.2) is 0 Å². The number of fused-ring (bicyclic) bond motifs is 1. The number of methoxy groups -OCH3 is 1. The second-order valence-corrected chi connectivity index (χ2v) is 4.09. The summed E-state index contributed by atoms with van der Waals surface area (Å²) in [6, 6.07) is 5.62. The summed E-state index contributed by atoms with van der Waals surface area (Å²) in [7, 11) is 1.65. The molecule has 1 aliphatic rings. The molecule has 1 aliphatic heterocycles. The lowest BCUT2D eigenvalue weighted by molar-refractivity contribution is 0.170. The number of hydrogen-bond donors (Lipinski definition) is 2. The molecule has 5 heteroatoms. The number of aliphatic hydroxyl groups is 1. The fourth-order valence-electron chi connectivity index (χ4n) is 1.90. The van der Waals surface area contributed by atoms with Crippen molar-refractivity contribution in [3.8, 4) is 11.5 Å². The van der Waals surface area contributed by atoms with Gasteiger partial charge in [0, 0.05) is 13.7 Å². The molecule has 100 valence electrons. The highest BCUT2D eigenvalue weighted by atomic mass is 16.6. The monoisotopic (exact) mass is 253 g/mol. The molecule has 18 heavy (non-hydrogen) atoms. The molecule has 0 fully saturated rings. The van der Waals surface area contributed by atoms with Gasteiger partial charge in [-0.05, 0) is 17.7 Å². The number of aliphatic hydroxyl groups excluding tert-OH is 1. The molecular formula is C13H19NO4. The van der Waals surface area contributed by atoms with Gasteiger partial charge in [-0.2, -0.15) is 0 Å². The van der Waals surface area contributed by atoms with Crippen LogP contribution in [0.2, 0.25) is 0 Å². The molecule has 5 nitrogen and oxygen atoms in total. The first-order valence-corrected chi connectivity index (χ1v) is 6.08. The SMILES string of the molecule is COCCNC(CO)c1ccc2c(c1)OCCO2. The van der Waals surface area contributed by atoms with Crippen LogP contribution in [0.5, 0.6) is 11.5 Å². The van der Waals surface area contributed by atoms with Crippen LogP contribution in [0.1, 0.15) is 11.6 Å². The van der Waals surface area contributed by atoms with Crippen molar-refractivity contribution < 1.29 is 19.3 Å². The molecule has 0 aromatic heterocycles. The largest absolute Gasteiger partial charge is 0.486 e. The zero-order valence-corrected chi connectivity index (χ0v) is 10.5. The molecule has 1 heterocycles. The zero-order chi connectivity index (χ0) is 12.8. The molecular weight excluding hydrogens is 234 g/mol. The van der Waals surface area contributed by atoms with Crippen LogP contribution in [0, 0.1) is 0 Å². The van der Waals surface area contributed by atoms with E-state index in [1.165, 1.54) is 0 Å². The number of rotatable bonds is 6. The average molecular weight is 253 g/mol. The van der Waals surface area contributed by atoms with Gasteiger partial charge in [0.1, 0.15) is 13.2 Å². The summed E-state index contributed by atoms with van der Waals surface area (Å²) in [6.07, 6.45) is 0. The fraction of sp³-hybridized carbons (Fsp3) is 0.538. The minimum absolute atomic E-state index is 0.0311. The highest BCUT2D eigenvalue weighted by Gasteiger charge is 2.16. The Labute approximate surface area is 107 Å². The van der Waals surface area contributed by atoms with E-state index in [4.69, 9.17) is 14.2 Å². The normalized spacial score (nSPS) is 15.4. The molecule has 1 aromatic rings. The van der Waals surface area contributed by atoms with Crippen molar-refractivity contribution >= 4 is 0 Å². The number of nitrogens with one attached hydrogen (secondary N) is 1. The van der Waals surface area contributed by atoms with Gasteiger partial charge in [-0.1, -0.05) is 6.07 Å². The average Bonchev–Trinajstić information content (AvgIpc) is 2.43. The predicted molar refractivity (Wildman–Crippen MR) is 67.1 cm³/mol. The Bertz CT molecular complexity index is 383. The Kier molecular flexibility index (Phi) is 4.81. The first-order valence-electron chi connectivity index (χ1n) is 6.08. The molecule has 1 aromatic carbocycles. The molecule has 2 rings (SSSR count). The van der Waals surface area contributed by atoms with Gasteiger partial charge in [0.2, 0.25) is 0 Å². The summed E-state index contributed by atoms with van der Waals surface area (Å²) in [5.41, 5.74) is 0.984. The van der Waals surface area contributed by atoms with Crippen molar-refractivity contribution in [2.24, 2.45) is 0 Å². The van der Waals surface area contributed by atoms with Gasteiger partial charge >= 0.3 is 0 Å². The Morgan fingerprint density at radius 1 is 1.33 bits per heavy atom. The quantitative estimate of drug-likeness (QED) is 0.732. The summed E-state index contributed by atoms with van der Waals surface area (Å²) in [5, 5.41) is 12.6. The van der Waals surface area contributed by atoms with E-state index >= 15 is 0 Å². The summed E-state index contributed by atoms with van der Waals surface area (Å²) in [6.45, 7) is 2.49. The Morgan fingerprint density at radius 2 is 2.11 bits per heavy atom. The minimum atomic E-state index is -0.115. The number of ether oxygens (including phenoxy) is 3. The second-order valence-electron chi connectivity index (χ2n) is 4.09. The third-order valence-electron chi connectivity index (χ3n) is 2.85. The third kappa shape index (κ3) is 3.13.